The molecular formula is C13H20N2O4S. The molecular weight excluding hydrogens is 280 g/mol. The molecule has 0 aliphatic heterocycles. The van der Waals surface area contributed by atoms with Crippen LogP contribution in [0.5, 0.6) is 0 Å². The lowest BCUT2D eigenvalue weighted by Gasteiger charge is -2.34. The summed E-state index contributed by atoms with van der Waals surface area (Å²) in [6.45, 7) is 4.72. The van der Waals surface area contributed by atoms with Gasteiger partial charge in [0.1, 0.15) is 0 Å². The Morgan fingerprint density at radius 2 is 1.70 bits per heavy atom. The predicted molar refractivity (Wildman–Crippen MR) is 76.4 cm³/mol. The van der Waals surface area contributed by atoms with E-state index in [1.165, 1.54) is 27.8 Å². The van der Waals surface area contributed by atoms with Gasteiger partial charge in [-0.1, -0.05) is 30.3 Å². The molecule has 0 saturated carbocycles. The maximum atomic E-state index is 12.4. The van der Waals surface area contributed by atoms with Crippen LogP contribution in [0.1, 0.15) is 26.3 Å². The number of nitrogens with zero attached hydrogens (tertiary/aromatic N) is 2. The molecule has 0 atom stereocenters. The first kappa shape index (κ1) is 16.5. The van der Waals surface area contributed by atoms with Crippen molar-refractivity contribution < 1.29 is 18.3 Å². The summed E-state index contributed by atoms with van der Waals surface area (Å²) in [5.41, 5.74) is -0.256. The van der Waals surface area contributed by atoms with Gasteiger partial charge in [0, 0.05) is 13.6 Å². The van der Waals surface area contributed by atoms with E-state index in [1.54, 1.807) is 24.3 Å². The zero-order valence-corrected chi connectivity index (χ0v) is 12.9. The number of carboxylic acid groups (broad SMARTS) is 1. The molecule has 6 nitrogen and oxygen atoms in total. The molecule has 0 bridgehead atoms. The van der Waals surface area contributed by atoms with Gasteiger partial charge in [-0.05, 0) is 26.3 Å². The third-order valence-electron chi connectivity index (χ3n) is 2.66. The maximum Gasteiger partial charge on any atom is 0.422 e. The number of benzene rings is 1. The molecule has 20 heavy (non-hydrogen) atoms. The highest BCUT2D eigenvalue weighted by Crippen LogP contribution is 2.21. The Morgan fingerprint density at radius 1 is 1.20 bits per heavy atom. The van der Waals surface area contributed by atoms with E-state index in [9.17, 15) is 18.3 Å². The second-order valence-electron chi connectivity index (χ2n) is 5.47. The fourth-order valence-electron chi connectivity index (χ4n) is 1.79. The smallest absolute Gasteiger partial charge is 0.422 e. The molecule has 0 spiro atoms. The van der Waals surface area contributed by atoms with Gasteiger partial charge in [-0.25, -0.2) is 4.79 Å². The van der Waals surface area contributed by atoms with Crippen LogP contribution in [0.3, 0.4) is 0 Å². The minimum absolute atomic E-state index is 0.114. The van der Waals surface area contributed by atoms with Crippen LogP contribution in [-0.4, -0.2) is 40.8 Å². The Labute approximate surface area is 119 Å². The van der Waals surface area contributed by atoms with Crippen molar-refractivity contribution in [1.29, 1.82) is 0 Å². The van der Waals surface area contributed by atoms with Crippen molar-refractivity contribution >= 4 is 16.3 Å². The largest absolute Gasteiger partial charge is 0.464 e. The Balaban J connectivity index is 3.05. The topological polar surface area (TPSA) is 77.9 Å². The SMILES string of the molecule is CN(Cc1ccccc1)S(=O)(=O)N(C(=O)O)C(C)(C)C. The Hall–Kier alpha value is -1.60. The summed E-state index contributed by atoms with van der Waals surface area (Å²) in [4.78, 5) is 11.3. The van der Waals surface area contributed by atoms with Crippen LogP contribution < -0.4 is 0 Å². The van der Waals surface area contributed by atoms with Crippen LogP contribution in [0, 0.1) is 0 Å². The van der Waals surface area contributed by atoms with Gasteiger partial charge in [0.05, 0.1) is 5.54 Å². The highest BCUT2D eigenvalue weighted by Gasteiger charge is 2.39. The summed E-state index contributed by atoms with van der Waals surface area (Å²) in [5.74, 6) is 0. The normalized spacial score (nSPS) is 12.4. The van der Waals surface area contributed by atoms with Gasteiger partial charge in [-0.15, -0.1) is 0 Å². The molecule has 0 aliphatic carbocycles. The van der Waals surface area contributed by atoms with Crippen molar-refractivity contribution in [2.75, 3.05) is 7.05 Å². The first-order chi connectivity index (χ1) is 9.06. The van der Waals surface area contributed by atoms with Crippen LogP contribution >= 0.6 is 0 Å². The lowest BCUT2D eigenvalue weighted by Crippen LogP contribution is -2.53. The second-order valence-corrected chi connectivity index (χ2v) is 7.35. The minimum Gasteiger partial charge on any atom is -0.464 e. The lowest BCUT2D eigenvalue weighted by atomic mass is 10.1. The fraction of sp³-hybridized carbons (Fsp3) is 0.462. The predicted octanol–water partition coefficient (Wildman–Crippen LogP) is 2.14. The third-order valence-corrected chi connectivity index (χ3v) is 4.74. The molecule has 0 radical (unpaired) electrons. The van der Waals surface area contributed by atoms with Crippen LogP contribution in [0.25, 0.3) is 0 Å². The Kier molecular flexibility index (Phi) is 4.77. The van der Waals surface area contributed by atoms with E-state index in [0.29, 0.717) is 4.31 Å². The number of rotatable bonds is 4. The standard InChI is InChI=1S/C13H20N2O4S/c1-13(2,3)15(12(16)17)20(18,19)14(4)10-11-8-6-5-7-9-11/h5-9H,10H2,1-4H3,(H,16,17). The quantitative estimate of drug-likeness (QED) is 0.924. The first-order valence-corrected chi connectivity index (χ1v) is 7.50. The number of hydrogen-bond acceptors (Lipinski definition) is 3. The van der Waals surface area contributed by atoms with Gasteiger partial charge < -0.3 is 5.11 Å². The molecule has 0 heterocycles. The summed E-state index contributed by atoms with van der Waals surface area (Å²) in [7, 11) is -2.72. The first-order valence-electron chi connectivity index (χ1n) is 6.10. The zero-order valence-electron chi connectivity index (χ0n) is 12.1. The van der Waals surface area contributed by atoms with Crippen LogP contribution in [-0.2, 0) is 16.8 Å². The van der Waals surface area contributed by atoms with E-state index in [2.05, 4.69) is 0 Å². The highest BCUT2D eigenvalue weighted by molar-refractivity contribution is 7.87. The van der Waals surface area contributed by atoms with Gasteiger partial charge in [-0.3, -0.25) is 0 Å². The minimum atomic E-state index is -4.09. The van der Waals surface area contributed by atoms with Crippen molar-refractivity contribution in [3.63, 3.8) is 0 Å². The van der Waals surface area contributed by atoms with E-state index in [4.69, 9.17) is 0 Å². The van der Waals surface area contributed by atoms with Crippen molar-refractivity contribution in [3.8, 4) is 0 Å². The van der Waals surface area contributed by atoms with E-state index < -0.39 is 21.8 Å². The third kappa shape index (κ3) is 3.71. The molecule has 1 aromatic carbocycles. The van der Waals surface area contributed by atoms with Gasteiger partial charge >= 0.3 is 16.3 Å². The van der Waals surface area contributed by atoms with E-state index in [-0.39, 0.29) is 6.54 Å². The molecule has 0 fully saturated rings. The lowest BCUT2D eigenvalue weighted by molar-refractivity contribution is 0.142. The summed E-state index contributed by atoms with van der Waals surface area (Å²) in [5, 5.41) is 9.18. The van der Waals surface area contributed by atoms with Crippen LogP contribution in [0.15, 0.2) is 30.3 Å². The van der Waals surface area contributed by atoms with E-state index in [1.807, 2.05) is 6.07 Å². The molecule has 1 amide bonds. The van der Waals surface area contributed by atoms with Gasteiger partial charge in [0.2, 0.25) is 0 Å². The summed E-state index contributed by atoms with van der Waals surface area (Å²) in [6, 6.07) is 9.00. The molecule has 1 N–H and O–H groups in total. The van der Waals surface area contributed by atoms with Gasteiger partial charge in [0.25, 0.3) is 0 Å². The molecule has 0 aliphatic rings. The molecule has 0 aromatic heterocycles. The molecule has 112 valence electrons. The molecule has 0 saturated heterocycles. The number of amides is 1. The highest BCUT2D eigenvalue weighted by atomic mass is 32.2. The van der Waals surface area contributed by atoms with Crippen LogP contribution in [0.2, 0.25) is 0 Å². The average Bonchev–Trinajstić information content (AvgIpc) is 2.26. The van der Waals surface area contributed by atoms with Crippen LogP contribution in [0.4, 0.5) is 4.79 Å². The van der Waals surface area contributed by atoms with Gasteiger partial charge in [-0.2, -0.15) is 17.0 Å². The summed E-state index contributed by atoms with van der Waals surface area (Å²) < 4.78 is 26.3. The molecule has 1 aromatic rings. The van der Waals surface area contributed by atoms with Crippen molar-refractivity contribution in [2.24, 2.45) is 0 Å². The molecule has 7 heteroatoms. The Morgan fingerprint density at radius 3 is 2.10 bits per heavy atom. The summed E-state index contributed by atoms with van der Waals surface area (Å²) in [6.07, 6.45) is -1.49. The van der Waals surface area contributed by atoms with Gasteiger partial charge in [0.15, 0.2) is 0 Å². The number of carbonyl (C=O) groups is 1. The maximum absolute atomic E-state index is 12.4. The summed E-state index contributed by atoms with van der Waals surface area (Å²) >= 11 is 0. The van der Waals surface area contributed by atoms with Crippen molar-refractivity contribution in [3.05, 3.63) is 35.9 Å². The fourth-order valence-corrected chi connectivity index (χ4v) is 3.27. The molecule has 0 unspecified atom stereocenters. The number of hydrogen-bond donors (Lipinski definition) is 1. The van der Waals surface area contributed by atoms with E-state index in [0.717, 1.165) is 9.87 Å². The molecule has 1 rings (SSSR count). The van der Waals surface area contributed by atoms with E-state index >= 15 is 0 Å². The average molecular weight is 300 g/mol. The van der Waals surface area contributed by atoms with Crippen molar-refractivity contribution in [2.45, 2.75) is 32.9 Å². The zero-order chi connectivity index (χ0) is 15.6. The Bertz CT molecular complexity index is 564. The van der Waals surface area contributed by atoms with Crippen molar-refractivity contribution in [1.82, 2.24) is 8.61 Å². The second kappa shape index (κ2) is 5.80. The monoisotopic (exact) mass is 300 g/mol.